The average molecular weight is 411 g/mol. The van der Waals surface area contributed by atoms with Gasteiger partial charge in [-0.2, -0.15) is 5.10 Å². The molecule has 160 valence electrons. The van der Waals surface area contributed by atoms with Crippen molar-refractivity contribution in [3.05, 3.63) is 46.3 Å². The third kappa shape index (κ3) is 4.40. The highest BCUT2D eigenvalue weighted by atomic mass is 16.5. The molecule has 3 rings (SSSR count). The Morgan fingerprint density at radius 3 is 2.57 bits per heavy atom. The maximum atomic E-state index is 12.4. The third-order valence-electron chi connectivity index (χ3n) is 5.54. The second-order valence-corrected chi connectivity index (χ2v) is 7.49. The molecule has 0 radical (unpaired) electrons. The van der Waals surface area contributed by atoms with Crippen LogP contribution in [0.5, 0.6) is 11.5 Å². The number of fused-ring (bicyclic) bond motifs is 1. The first-order valence-corrected chi connectivity index (χ1v) is 10.1. The van der Waals surface area contributed by atoms with Gasteiger partial charge in [-0.15, -0.1) is 0 Å². The fourth-order valence-electron chi connectivity index (χ4n) is 3.97. The van der Waals surface area contributed by atoms with Gasteiger partial charge in [0.25, 0.3) is 0 Å². The quantitative estimate of drug-likeness (QED) is 0.617. The number of carbonyl (C=O) groups is 1. The molecule has 1 aromatic carbocycles. The van der Waals surface area contributed by atoms with Crippen LogP contribution in [-0.2, 0) is 24.7 Å². The summed E-state index contributed by atoms with van der Waals surface area (Å²) in [5, 5.41) is 8.58. The number of ether oxygens (including phenoxy) is 2. The smallest absolute Gasteiger partial charge is 0.220 e. The topological polar surface area (TPSA) is 78.3 Å². The van der Waals surface area contributed by atoms with Crippen molar-refractivity contribution in [3.8, 4) is 11.5 Å². The van der Waals surface area contributed by atoms with Gasteiger partial charge in [-0.25, -0.2) is 4.98 Å². The molecule has 0 aliphatic rings. The largest absolute Gasteiger partial charge is 0.497 e. The minimum Gasteiger partial charge on any atom is -0.497 e. The molecule has 0 saturated carbocycles. The van der Waals surface area contributed by atoms with Gasteiger partial charge in [-0.1, -0.05) is 0 Å². The summed E-state index contributed by atoms with van der Waals surface area (Å²) in [6, 6.07) is 5.68. The Hall–Kier alpha value is -3.09. The molecule has 0 aliphatic heterocycles. The summed E-state index contributed by atoms with van der Waals surface area (Å²) >= 11 is 0. The van der Waals surface area contributed by atoms with Crippen molar-refractivity contribution >= 4 is 16.9 Å². The van der Waals surface area contributed by atoms with E-state index in [2.05, 4.69) is 17.3 Å². The van der Waals surface area contributed by atoms with Crippen LogP contribution in [0.3, 0.4) is 0 Å². The lowest BCUT2D eigenvalue weighted by molar-refractivity contribution is -0.121. The average Bonchev–Trinajstić information content (AvgIpc) is 3.00. The Morgan fingerprint density at radius 1 is 1.10 bits per heavy atom. The van der Waals surface area contributed by atoms with E-state index in [4.69, 9.17) is 14.5 Å². The van der Waals surface area contributed by atoms with Crippen LogP contribution in [0.25, 0.3) is 11.0 Å². The number of hydrogen-bond donors (Lipinski definition) is 1. The molecule has 0 saturated heterocycles. The summed E-state index contributed by atoms with van der Waals surface area (Å²) in [5.74, 6) is 1.60. The predicted molar refractivity (Wildman–Crippen MR) is 117 cm³/mol. The van der Waals surface area contributed by atoms with Crippen LogP contribution >= 0.6 is 0 Å². The normalized spacial score (nSPS) is 11.0. The van der Waals surface area contributed by atoms with Gasteiger partial charge >= 0.3 is 0 Å². The van der Waals surface area contributed by atoms with Gasteiger partial charge in [-0.3, -0.25) is 9.48 Å². The lowest BCUT2D eigenvalue weighted by Gasteiger charge is -2.12. The third-order valence-corrected chi connectivity index (χ3v) is 5.54. The van der Waals surface area contributed by atoms with Crippen molar-refractivity contribution in [2.24, 2.45) is 7.05 Å². The second kappa shape index (κ2) is 9.15. The van der Waals surface area contributed by atoms with Crippen LogP contribution in [0.4, 0.5) is 0 Å². The number of nitrogens with zero attached hydrogens (tertiary/aromatic N) is 3. The fraction of sp³-hybridized carbons (Fsp3) is 0.435. The predicted octanol–water partition coefficient (Wildman–Crippen LogP) is 3.20. The standard InChI is InChI=1S/C23H30N4O3/c1-14-19(15(2)25-23-22(14)16(3)26-27(23)4)8-10-21(28)24-12-11-17-13-18(29-5)7-9-20(17)30-6/h7,9,13H,8,10-12H2,1-6H3,(H,24,28). The van der Waals surface area contributed by atoms with E-state index in [1.807, 2.05) is 43.8 Å². The zero-order chi connectivity index (χ0) is 21.8. The molecule has 1 amide bonds. The number of amides is 1. The summed E-state index contributed by atoms with van der Waals surface area (Å²) in [6.07, 6.45) is 1.75. The van der Waals surface area contributed by atoms with E-state index < -0.39 is 0 Å². The van der Waals surface area contributed by atoms with Gasteiger partial charge in [0.15, 0.2) is 5.65 Å². The van der Waals surface area contributed by atoms with Crippen molar-refractivity contribution in [3.63, 3.8) is 0 Å². The molecule has 0 spiro atoms. The number of pyridine rings is 1. The van der Waals surface area contributed by atoms with Crippen LogP contribution in [0.1, 0.15) is 34.5 Å². The maximum Gasteiger partial charge on any atom is 0.220 e. The molecule has 2 heterocycles. The van der Waals surface area contributed by atoms with Gasteiger partial charge in [0.1, 0.15) is 11.5 Å². The summed E-state index contributed by atoms with van der Waals surface area (Å²) in [7, 11) is 5.19. The van der Waals surface area contributed by atoms with Crippen molar-refractivity contribution < 1.29 is 14.3 Å². The number of benzene rings is 1. The molecule has 7 heteroatoms. The van der Waals surface area contributed by atoms with E-state index in [1.54, 1.807) is 14.2 Å². The van der Waals surface area contributed by atoms with Crippen molar-refractivity contribution in [1.29, 1.82) is 0 Å². The zero-order valence-corrected chi connectivity index (χ0v) is 18.6. The van der Waals surface area contributed by atoms with Gasteiger partial charge in [-0.05, 0) is 68.5 Å². The first-order valence-electron chi connectivity index (χ1n) is 10.1. The number of aromatic nitrogens is 3. The monoisotopic (exact) mass is 410 g/mol. The number of nitrogens with one attached hydrogen (secondary N) is 1. The highest BCUT2D eigenvalue weighted by molar-refractivity contribution is 5.84. The summed E-state index contributed by atoms with van der Waals surface area (Å²) < 4.78 is 12.5. The Balaban J connectivity index is 1.61. The SMILES string of the molecule is COc1ccc(OC)c(CCNC(=O)CCc2c(C)nc3c(c(C)nn3C)c2C)c1. The van der Waals surface area contributed by atoms with Gasteiger partial charge in [0, 0.05) is 31.1 Å². The molecular weight excluding hydrogens is 380 g/mol. The van der Waals surface area contributed by atoms with E-state index >= 15 is 0 Å². The molecule has 0 aliphatic carbocycles. The number of hydrogen-bond acceptors (Lipinski definition) is 5. The number of rotatable bonds is 8. The first kappa shape index (κ1) is 21.6. The van der Waals surface area contributed by atoms with Crippen LogP contribution in [-0.4, -0.2) is 41.4 Å². The van der Waals surface area contributed by atoms with E-state index in [1.165, 1.54) is 0 Å². The molecule has 0 fully saturated rings. The van der Waals surface area contributed by atoms with Crippen LogP contribution in [0, 0.1) is 20.8 Å². The number of methoxy groups -OCH3 is 2. The Bertz CT molecular complexity index is 1070. The minimum atomic E-state index is 0.0265. The van der Waals surface area contributed by atoms with Gasteiger partial charge in [0.2, 0.25) is 5.91 Å². The number of carbonyl (C=O) groups excluding carboxylic acids is 1. The highest BCUT2D eigenvalue weighted by Gasteiger charge is 2.16. The molecule has 3 aromatic rings. The second-order valence-electron chi connectivity index (χ2n) is 7.49. The first-order chi connectivity index (χ1) is 14.3. The highest BCUT2D eigenvalue weighted by Crippen LogP contribution is 2.26. The Labute approximate surface area is 177 Å². The van der Waals surface area contributed by atoms with Crippen molar-refractivity contribution in [2.45, 2.75) is 40.0 Å². The summed E-state index contributed by atoms with van der Waals surface area (Å²) in [5.41, 5.74) is 6.11. The Morgan fingerprint density at radius 2 is 1.87 bits per heavy atom. The van der Waals surface area contributed by atoms with Crippen LogP contribution in [0.2, 0.25) is 0 Å². The molecular formula is C23H30N4O3. The lowest BCUT2D eigenvalue weighted by Crippen LogP contribution is -2.26. The molecule has 0 atom stereocenters. The maximum absolute atomic E-state index is 12.4. The molecule has 0 unspecified atom stereocenters. The van der Waals surface area contributed by atoms with Crippen molar-refractivity contribution in [2.75, 3.05) is 20.8 Å². The minimum absolute atomic E-state index is 0.0265. The van der Waals surface area contributed by atoms with Crippen molar-refractivity contribution in [1.82, 2.24) is 20.1 Å². The fourth-order valence-corrected chi connectivity index (χ4v) is 3.97. The molecule has 30 heavy (non-hydrogen) atoms. The molecule has 7 nitrogen and oxygen atoms in total. The van der Waals surface area contributed by atoms with Crippen LogP contribution < -0.4 is 14.8 Å². The van der Waals surface area contributed by atoms with Gasteiger partial charge in [0.05, 0.1) is 19.9 Å². The molecule has 0 bridgehead atoms. The molecule has 1 N–H and O–H groups in total. The Kier molecular flexibility index (Phi) is 6.59. The van der Waals surface area contributed by atoms with Gasteiger partial charge < -0.3 is 14.8 Å². The van der Waals surface area contributed by atoms with E-state index in [0.717, 1.165) is 50.6 Å². The number of aryl methyl sites for hydroxylation is 4. The van der Waals surface area contributed by atoms with E-state index in [-0.39, 0.29) is 5.91 Å². The van der Waals surface area contributed by atoms with E-state index in [9.17, 15) is 4.79 Å². The lowest BCUT2D eigenvalue weighted by atomic mass is 9.99. The molecule has 2 aromatic heterocycles. The summed E-state index contributed by atoms with van der Waals surface area (Å²) in [4.78, 5) is 17.2. The zero-order valence-electron chi connectivity index (χ0n) is 18.6. The van der Waals surface area contributed by atoms with Crippen LogP contribution in [0.15, 0.2) is 18.2 Å². The van der Waals surface area contributed by atoms with E-state index in [0.29, 0.717) is 25.8 Å². The summed E-state index contributed by atoms with van der Waals surface area (Å²) in [6.45, 7) is 6.63.